The Morgan fingerprint density at radius 1 is 1.38 bits per heavy atom. The van der Waals surface area contributed by atoms with Crippen molar-refractivity contribution in [2.24, 2.45) is 5.73 Å². The largest absolute Gasteiger partial charge is 0.394 e. The maximum Gasteiger partial charge on any atom is 0.175 e. The molecule has 0 unspecified atom stereocenters. The summed E-state index contributed by atoms with van der Waals surface area (Å²) in [7, 11) is 0. The number of nitrogens with two attached hydrogens (primary N) is 1. The standard InChI is InChI=1S/C6H13NO6/c7-6(13,4(11)2-9)5(12)3(10)1-8/h2-5,8,10-13H,1,7H2/t3-,4-,5-,6+/m1/s1. The van der Waals surface area contributed by atoms with Crippen molar-refractivity contribution in [3.63, 3.8) is 0 Å². The average molecular weight is 195 g/mol. The molecule has 4 atom stereocenters. The lowest BCUT2D eigenvalue weighted by Gasteiger charge is -2.32. The van der Waals surface area contributed by atoms with Gasteiger partial charge in [-0.2, -0.15) is 0 Å². The molecule has 0 bridgehead atoms. The van der Waals surface area contributed by atoms with Crippen LogP contribution in [-0.4, -0.2) is 62.5 Å². The molecular weight excluding hydrogens is 182 g/mol. The van der Waals surface area contributed by atoms with Crippen molar-refractivity contribution in [1.82, 2.24) is 0 Å². The van der Waals surface area contributed by atoms with Crippen molar-refractivity contribution in [2.75, 3.05) is 6.61 Å². The molecule has 0 aromatic carbocycles. The van der Waals surface area contributed by atoms with Crippen molar-refractivity contribution in [1.29, 1.82) is 0 Å². The fourth-order valence-electron chi connectivity index (χ4n) is 0.692. The number of aldehydes is 1. The van der Waals surface area contributed by atoms with Crippen molar-refractivity contribution < 1.29 is 30.3 Å². The minimum atomic E-state index is -2.68. The number of hydrogen-bond donors (Lipinski definition) is 6. The van der Waals surface area contributed by atoms with Crippen LogP contribution in [-0.2, 0) is 4.79 Å². The molecule has 7 heteroatoms. The highest BCUT2D eigenvalue weighted by Gasteiger charge is 2.42. The third-order valence-electron chi connectivity index (χ3n) is 1.63. The van der Waals surface area contributed by atoms with E-state index >= 15 is 0 Å². The summed E-state index contributed by atoms with van der Waals surface area (Å²) in [5.41, 5.74) is 2.27. The van der Waals surface area contributed by atoms with E-state index in [-0.39, 0.29) is 6.29 Å². The molecule has 0 aliphatic heterocycles. The summed E-state index contributed by atoms with van der Waals surface area (Å²) < 4.78 is 0. The number of carbonyl (C=O) groups is 1. The lowest BCUT2D eigenvalue weighted by atomic mass is 9.97. The molecule has 0 aromatic rings. The number of rotatable bonds is 5. The van der Waals surface area contributed by atoms with Crippen LogP contribution in [0.2, 0.25) is 0 Å². The van der Waals surface area contributed by atoms with E-state index in [1.54, 1.807) is 0 Å². The second kappa shape index (κ2) is 4.61. The van der Waals surface area contributed by atoms with Gasteiger partial charge in [0, 0.05) is 0 Å². The maximum atomic E-state index is 10.0. The molecule has 7 nitrogen and oxygen atoms in total. The van der Waals surface area contributed by atoms with Crippen LogP contribution in [0.1, 0.15) is 0 Å². The van der Waals surface area contributed by atoms with Crippen LogP contribution in [0.15, 0.2) is 0 Å². The van der Waals surface area contributed by atoms with Crippen LogP contribution in [0.25, 0.3) is 0 Å². The van der Waals surface area contributed by atoms with Crippen LogP contribution in [0.5, 0.6) is 0 Å². The second-order valence-corrected chi connectivity index (χ2v) is 2.66. The van der Waals surface area contributed by atoms with E-state index in [1.807, 2.05) is 0 Å². The van der Waals surface area contributed by atoms with E-state index in [2.05, 4.69) is 0 Å². The highest BCUT2D eigenvalue weighted by atomic mass is 16.4. The lowest BCUT2D eigenvalue weighted by Crippen LogP contribution is -2.64. The van der Waals surface area contributed by atoms with Crippen molar-refractivity contribution in [3.05, 3.63) is 0 Å². The molecule has 0 fully saturated rings. The van der Waals surface area contributed by atoms with Crippen molar-refractivity contribution >= 4 is 6.29 Å². The molecule has 0 aromatic heterocycles. The minimum Gasteiger partial charge on any atom is -0.394 e. The number of hydrogen-bond acceptors (Lipinski definition) is 7. The first kappa shape index (κ1) is 12.4. The third-order valence-corrected chi connectivity index (χ3v) is 1.63. The summed E-state index contributed by atoms with van der Waals surface area (Å²) in [6.45, 7) is -0.855. The van der Waals surface area contributed by atoms with Crippen LogP contribution in [0.4, 0.5) is 0 Å². The molecule has 0 aliphatic carbocycles. The Balaban J connectivity index is 4.51. The monoisotopic (exact) mass is 195 g/mol. The Labute approximate surface area is 74.0 Å². The first-order chi connectivity index (χ1) is 5.87. The zero-order valence-electron chi connectivity index (χ0n) is 6.74. The Kier molecular flexibility index (Phi) is 4.40. The SMILES string of the molecule is N[C@](O)([C@H](O)C=O)[C@H](O)[C@H](O)CO. The van der Waals surface area contributed by atoms with Gasteiger partial charge in [0.15, 0.2) is 18.1 Å². The van der Waals surface area contributed by atoms with Gasteiger partial charge in [0.1, 0.15) is 12.2 Å². The summed E-state index contributed by atoms with van der Waals surface area (Å²) >= 11 is 0. The van der Waals surface area contributed by atoms with Crippen LogP contribution in [0.3, 0.4) is 0 Å². The summed E-state index contributed by atoms with van der Waals surface area (Å²) in [4.78, 5) is 10.0. The fraction of sp³-hybridized carbons (Fsp3) is 0.833. The molecule has 78 valence electrons. The van der Waals surface area contributed by atoms with Gasteiger partial charge in [0.25, 0.3) is 0 Å². The van der Waals surface area contributed by atoms with Crippen molar-refractivity contribution in [2.45, 2.75) is 24.0 Å². The van der Waals surface area contributed by atoms with E-state index in [9.17, 15) is 4.79 Å². The molecule has 13 heavy (non-hydrogen) atoms. The first-order valence-electron chi connectivity index (χ1n) is 3.49. The molecule has 0 aliphatic rings. The van der Waals surface area contributed by atoms with Gasteiger partial charge in [-0.1, -0.05) is 0 Å². The normalized spacial score (nSPS) is 22.9. The van der Waals surface area contributed by atoms with E-state index in [0.717, 1.165) is 0 Å². The van der Waals surface area contributed by atoms with E-state index in [4.69, 9.17) is 31.3 Å². The summed E-state index contributed by atoms with van der Waals surface area (Å²) in [6.07, 6.45) is -5.88. The van der Waals surface area contributed by atoms with Gasteiger partial charge in [-0.3, -0.25) is 5.73 Å². The van der Waals surface area contributed by atoms with Gasteiger partial charge in [0.05, 0.1) is 6.61 Å². The molecule has 0 heterocycles. The summed E-state index contributed by atoms with van der Waals surface area (Å²) in [5.74, 6) is 0. The average Bonchev–Trinajstić information content (AvgIpc) is 2.13. The summed E-state index contributed by atoms with van der Waals surface area (Å²) in [5, 5.41) is 44.2. The molecule has 0 saturated carbocycles. The van der Waals surface area contributed by atoms with Crippen LogP contribution < -0.4 is 5.73 Å². The van der Waals surface area contributed by atoms with Gasteiger partial charge >= 0.3 is 0 Å². The van der Waals surface area contributed by atoms with Gasteiger partial charge in [-0.05, 0) is 0 Å². The van der Waals surface area contributed by atoms with Crippen LogP contribution in [0, 0.1) is 0 Å². The Morgan fingerprint density at radius 3 is 2.15 bits per heavy atom. The van der Waals surface area contributed by atoms with E-state index in [1.165, 1.54) is 0 Å². The summed E-state index contributed by atoms with van der Waals surface area (Å²) in [6, 6.07) is 0. The smallest absolute Gasteiger partial charge is 0.175 e. The highest BCUT2D eigenvalue weighted by molar-refractivity contribution is 5.58. The molecular formula is C6H13NO6. The van der Waals surface area contributed by atoms with Crippen molar-refractivity contribution in [3.8, 4) is 0 Å². The Hall–Kier alpha value is -0.570. The molecule has 0 spiro atoms. The van der Waals surface area contributed by atoms with Crippen LogP contribution >= 0.6 is 0 Å². The van der Waals surface area contributed by atoms with E-state index in [0.29, 0.717) is 0 Å². The quantitative estimate of drug-likeness (QED) is 0.193. The molecule has 0 amide bonds. The molecule has 0 saturated heterocycles. The molecule has 7 N–H and O–H groups in total. The Morgan fingerprint density at radius 2 is 1.85 bits per heavy atom. The zero-order chi connectivity index (χ0) is 10.6. The fourth-order valence-corrected chi connectivity index (χ4v) is 0.692. The highest BCUT2D eigenvalue weighted by Crippen LogP contribution is 2.11. The van der Waals surface area contributed by atoms with Gasteiger partial charge < -0.3 is 30.3 Å². The number of aliphatic hydroxyl groups is 5. The number of carbonyl (C=O) groups excluding carboxylic acids is 1. The molecule has 0 radical (unpaired) electrons. The molecule has 0 rings (SSSR count). The topological polar surface area (TPSA) is 144 Å². The predicted molar refractivity (Wildman–Crippen MR) is 40.3 cm³/mol. The Bertz CT molecular complexity index is 173. The second-order valence-electron chi connectivity index (χ2n) is 2.66. The minimum absolute atomic E-state index is 0.0900. The van der Waals surface area contributed by atoms with Gasteiger partial charge in [-0.15, -0.1) is 0 Å². The third kappa shape index (κ3) is 2.69. The van der Waals surface area contributed by atoms with Gasteiger partial charge in [0.2, 0.25) is 0 Å². The van der Waals surface area contributed by atoms with E-state index < -0.39 is 30.6 Å². The number of aliphatic hydroxyl groups excluding tert-OH is 4. The first-order valence-corrected chi connectivity index (χ1v) is 3.49. The lowest BCUT2D eigenvalue weighted by molar-refractivity contribution is -0.178. The maximum absolute atomic E-state index is 10.0. The predicted octanol–water partition coefficient (Wildman–Crippen LogP) is -4.09. The van der Waals surface area contributed by atoms with Gasteiger partial charge in [-0.25, -0.2) is 0 Å². The zero-order valence-corrected chi connectivity index (χ0v) is 6.74.